The fourth-order valence-corrected chi connectivity index (χ4v) is 5.06. The predicted molar refractivity (Wildman–Crippen MR) is 115 cm³/mol. The van der Waals surface area contributed by atoms with Crippen LogP contribution in [0.15, 0.2) is 24.3 Å². The van der Waals surface area contributed by atoms with Crippen LogP contribution in [0.4, 0.5) is 5.00 Å². The van der Waals surface area contributed by atoms with E-state index in [0.29, 0.717) is 10.6 Å². The summed E-state index contributed by atoms with van der Waals surface area (Å²) in [5.74, 6) is -1.42. The number of amides is 1. The van der Waals surface area contributed by atoms with Crippen molar-refractivity contribution in [2.75, 3.05) is 33.1 Å². The first-order valence-corrected chi connectivity index (χ1v) is 10.6. The maximum atomic E-state index is 12.8. The molecular formula is C22H26N2O5S. The fraction of sp³-hybridized carbons (Fsp3) is 0.409. The number of benzene rings is 1. The van der Waals surface area contributed by atoms with Crippen molar-refractivity contribution in [3.63, 3.8) is 0 Å². The van der Waals surface area contributed by atoms with Crippen LogP contribution in [0, 0.1) is 6.92 Å². The number of carbonyl (C=O) groups is 3. The third kappa shape index (κ3) is 4.39. The van der Waals surface area contributed by atoms with Crippen LogP contribution in [0.25, 0.3) is 0 Å². The summed E-state index contributed by atoms with van der Waals surface area (Å²) >= 11 is 1.02. The number of hydrogen-bond donors (Lipinski definition) is 1. The van der Waals surface area contributed by atoms with Crippen LogP contribution in [-0.4, -0.2) is 50.6 Å². The van der Waals surface area contributed by atoms with E-state index in [1.807, 2.05) is 24.1 Å². The summed E-state index contributed by atoms with van der Waals surface area (Å²) in [6, 6.07) is 8.49. The van der Waals surface area contributed by atoms with Crippen molar-refractivity contribution in [1.29, 1.82) is 0 Å². The molecular weight excluding hydrogens is 404 g/mol. The summed E-state index contributed by atoms with van der Waals surface area (Å²) in [6.07, 6.45) is 3.12. The number of fused-ring (bicyclic) bond motifs is 1. The third-order valence-corrected chi connectivity index (χ3v) is 6.61. The molecule has 7 nitrogen and oxygen atoms in total. The second-order valence-corrected chi connectivity index (χ2v) is 8.33. The Morgan fingerprint density at radius 2 is 1.87 bits per heavy atom. The van der Waals surface area contributed by atoms with Crippen LogP contribution in [0.1, 0.15) is 55.6 Å². The number of hydrogen-bond acceptors (Lipinski definition) is 7. The molecule has 1 aliphatic carbocycles. The summed E-state index contributed by atoms with van der Waals surface area (Å²) in [5.41, 5.74) is 3.20. The molecule has 0 saturated carbocycles. The van der Waals surface area contributed by atoms with Gasteiger partial charge in [0, 0.05) is 6.04 Å². The maximum Gasteiger partial charge on any atom is 0.348 e. The van der Waals surface area contributed by atoms with Gasteiger partial charge < -0.3 is 14.8 Å². The summed E-state index contributed by atoms with van der Waals surface area (Å²) in [4.78, 5) is 39.3. The zero-order chi connectivity index (χ0) is 21.8. The third-order valence-electron chi connectivity index (χ3n) is 5.42. The second kappa shape index (κ2) is 9.40. The van der Waals surface area contributed by atoms with Crippen LogP contribution in [0.2, 0.25) is 0 Å². The summed E-state index contributed by atoms with van der Waals surface area (Å²) in [5, 5.41) is 3.08. The first-order valence-electron chi connectivity index (χ1n) is 9.75. The minimum Gasteiger partial charge on any atom is -0.465 e. The monoisotopic (exact) mass is 430 g/mol. The number of ether oxygens (including phenoxy) is 2. The largest absolute Gasteiger partial charge is 0.465 e. The molecule has 1 aliphatic rings. The average Bonchev–Trinajstić information content (AvgIpc) is 3.07. The van der Waals surface area contributed by atoms with Crippen molar-refractivity contribution >= 4 is 34.2 Å². The van der Waals surface area contributed by atoms with Crippen molar-refractivity contribution in [3.8, 4) is 0 Å². The lowest BCUT2D eigenvalue weighted by atomic mass is 9.87. The molecule has 0 radical (unpaired) electrons. The molecule has 0 spiro atoms. The molecule has 1 atom stereocenters. The van der Waals surface area contributed by atoms with Gasteiger partial charge in [-0.05, 0) is 49.9 Å². The molecule has 1 amide bonds. The standard InChI is InChI=1S/C22H26N2O5S/c1-13-18(21(26)28-3)20(30-19(13)22(27)29-4)23-17(25)12-24(2)16-11-7-9-14-8-5-6-10-15(14)16/h5-6,8,10,16H,7,9,11-12H2,1-4H3,(H,23,25)/t16-/m0/s1. The van der Waals surface area contributed by atoms with Gasteiger partial charge in [0.25, 0.3) is 0 Å². The van der Waals surface area contributed by atoms with E-state index in [4.69, 9.17) is 9.47 Å². The van der Waals surface area contributed by atoms with E-state index in [9.17, 15) is 14.4 Å². The number of esters is 2. The highest BCUT2D eigenvalue weighted by molar-refractivity contribution is 7.18. The summed E-state index contributed by atoms with van der Waals surface area (Å²) in [6.45, 7) is 1.79. The zero-order valence-corrected chi connectivity index (χ0v) is 18.4. The molecule has 1 aromatic heterocycles. The van der Waals surface area contributed by atoms with E-state index in [1.165, 1.54) is 25.3 Å². The number of aryl methyl sites for hydroxylation is 1. The number of likely N-dealkylation sites (N-methyl/N-ethyl adjacent to an activating group) is 1. The molecule has 1 heterocycles. The zero-order valence-electron chi connectivity index (χ0n) is 17.6. The van der Waals surface area contributed by atoms with Gasteiger partial charge in [-0.15, -0.1) is 11.3 Å². The molecule has 3 rings (SSSR count). The number of nitrogens with one attached hydrogen (secondary N) is 1. The molecule has 2 aromatic rings. The number of anilines is 1. The smallest absolute Gasteiger partial charge is 0.348 e. The van der Waals surface area contributed by atoms with Gasteiger partial charge in [0.2, 0.25) is 5.91 Å². The normalized spacial score (nSPS) is 15.4. The second-order valence-electron chi connectivity index (χ2n) is 7.31. The highest BCUT2D eigenvalue weighted by Crippen LogP contribution is 2.35. The molecule has 0 aliphatic heterocycles. The number of nitrogens with zero attached hydrogens (tertiary/aromatic N) is 1. The fourth-order valence-electron chi connectivity index (χ4n) is 3.93. The number of methoxy groups -OCH3 is 2. The first kappa shape index (κ1) is 22.0. The molecule has 0 fully saturated rings. The number of rotatable bonds is 6. The minimum absolute atomic E-state index is 0.157. The van der Waals surface area contributed by atoms with Crippen LogP contribution in [-0.2, 0) is 20.7 Å². The molecule has 30 heavy (non-hydrogen) atoms. The van der Waals surface area contributed by atoms with Crippen LogP contribution >= 0.6 is 11.3 Å². The summed E-state index contributed by atoms with van der Waals surface area (Å²) in [7, 11) is 4.46. The maximum absolute atomic E-state index is 12.8. The quantitative estimate of drug-likeness (QED) is 0.705. The first-order chi connectivity index (χ1) is 14.4. The van der Waals surface area contributed by atoms with E-state index in [1.54, 1.807) is 6.92 Å². The Morgan fingerprint density at radius 1 is 1.17 bits per heavy atom. The van der Waals surface area contributed by atoms with E-state index in [-0.39, 0.29) is 28.9 Å². The van der Waals surface area contributed by atoms with Crippen molar-refractivity contribution in [1.82, 2.24) is 4.90 Å². The van der Waals surface area contributed by atoms with Crippen LogP contribution in [0.3, 0.4) is 0 Å². The van der Waals surface area contributed by atoms with E-state index in [0.717, 1.165) is 30.6 Å². The molecule has 0 unspecified atom stereocenters. The molecule has 0 saturated heterocycles. The Labute approximate surface area is 180 Å². The van der Waals surface area contributed by atoms with Gasteiger partial charge >= 0.3 is 11.9 Å². The highest BCUT2D eigenvalue weighted by atomic mass is 32.1. The minimum atomic E-state index is -0.608. The van der Waals surface area contributed by atoms with E-state index >= 15 is 0 Å². The summed E-state index contributed by atoms with van der Waals surface area (Å²) < 4.78 is 9.61. The lowest BCUT2D eigenvalue weighted by Gasteiger charge is -2.32. The molecule has 8 heteroatoms. The van der Waals surface area contributed by atoms with Crippen molar-refractivity contribution in [2.24, 2.45) is 0 Å². The van der Waals surface area contributed by atoms with Gasteiger partial charge in [-0.2, -0.15) is 0 Å². The Hall–Kier alpha value is -2.71. The van der Waals surface area contributed by atoms with Crippen molar-refractivity contribution in [2.45, 2.75) is 32.2 Å². The van der Waals surface area contributed by atoms with Gasteiger partial charge in [-0.1, -0.05) is 24.3 Å². The number of thiophene rings is 1. The Kier molecular flexibility index (Phi) is 6.89. The number of carbonyl (C=O) groups excluding carboxylic acids is 3. The van der Waals surface area contributed by atoms with E-state index in [2.05, 4.69) is 17.4 Å². The molecule has 0 bridgehead atoms. The van der Waals surface area contributed by atoms with Gasteiger partial charge in [0.15, 0.2) is 0 Å². The van der Waals surface area contributed by atoms with Crippen LogP contribution < -0.4 is 5.32 Å². The van der Waals surface area contributed by atoms with Crippen LogP contribution in [0.5, 0.6) is 0 Å². The Balaban J connectivity index is 1.78. The SMILES string of the molecule is COC(=O)c1sc(NC(=O)CN(C)[C@H]2CCCc3ccccc32)c(C(=O)OC)c1C. The molecule has 1 aromatic carbocycles. The van der Waals surface area contributed by atoms with Crippen molar-refractivity contribution < 1.29 is 23.9 Å². The highest BCUT2D eigenvalue weighted by Gasteiger charge is 2.28. The van der Waals surface area contributed by atoms with Gasteiger partial charge in [0.1, 0.15) is 9.88 Å². The van der Waals surface area contributed by atoms with Gasteiger partial charge in [0.05, 0.1) is 26.3 Å². The lowest BCUT2D eigenvalue weighted by molar-refractivity contribution is -0.117. The predicted octanol–water partition coefficient (Wildman–Crippen LogP) is 3.58. The van der Waals surface area contributed by atoms with Gasteiger partial charge in [-0.3, -0.25) is 9.69 Å². The average molecular weight is 431 g/mol. The van der Waals surface area contributed by atoms with E-state index < -0.39 is 11.9 Å². The molecule has 1 N–H and O–H groups in total. The Morgan fingerprint density at radius 3 is 2.57 bits per heavy atom. The lowest BCUT2D eigenvalue weighted by Crippen LogP contribution is -2.35. The Bertz CT molecular complexity index is 968. The van der Waals surface area contributed by atoms with Gasteiger partial charge in [-0.25, -0.2) is 9.59 Å². The topological polar surface area (TPSA) is 84.9 Å². The molecule has 160 valence electrons. The van der Waals surface area contributed by atoms with Crippen molar-refractivity contribution in [3.05, 3.63) is 51.4 Å².